The fourth-order valence-electron chi connectivity index (χ4n) is 9.73. The van der Waals surface area contributed by atoms with E-state index in [1.807, 2.05) is 0 Å². The van der Waals surface area contributed by atoms with Crippen LogP contribution in [0.1, 0.15) is 341 Å². The quantitative estimate of drug-likeness (QED) is 0.0321. The van der Waals surface area contributed by atoms with Crippen LogP contribution in [-0.2, 0) is 14.3 Å². The van der Waals surface area contributed by atoms with Gasteiger partial charge in [0.15, 0.2) is 0 Å². The van der Waals surface area contributed by atoms with Gasteiger partial charge in [-0.25, -0.2) is 0 Å². The van der Waals surface area contributed by atoms with Gasteiger partial charge in [0.2, 0.25) is 5.91 Å². The number of hydrogen-bond acceptors (Lipinski definition) is 5. The normalized spacial score (nSPS) is 12.7. The minimum absolute atomic E-state index is 0.00862. The molecule has 0 aromatic rings. The van der Waals surface area contributed by atoms with Gasteiger partial charge in [-0.1, -0.05) is 295 Å². The molecule has 2 unspecified atom stereocenters. The lowest BCUT2D eigenvalue weighted by molar-refractivity contribution is -0.143. The van der Waals surface area contributed by atoms with E-state index in [0.29, 0.717) is 25.9 Å². The van der Waals surface area contributed by atoms with Gasteiger partial charge in [-0.2, -0.15) is 0 Å². The summed E-state index contributed by atoms with van der Waals surface area (Å²) in [6.07, 6.45) is 71.9. The number of unbranched alkanes of at least 4 members (excludes halogenated alkanes) is 43. The zero-order valence-corrected chi connectivity index (χ0v) is 46.6. The lowest BCUT2D eigenvalue weighted by Crippen LogP contribution is -2.45. The van der Waals surface area contributed by atoms with E-state index in [1.54, 1.807) is 0 Å². The Kier molecular flexibility index (Phi) is 57.5. The molecule has 6 nitrogen and oxygen atoms in total. The second kappa shape index (κ2) is 58.9. The number of nitrogens with one attached hydrogen (secondary N) is 1. The highest BCUT2D eigenvalue weighted by molar-refractivity contribution is 5.76. The third-order valence-electron chi connectivity index (χ3n) is 14.5. The van der Waals surface area contributed by atoms with Crippen LogP contribution in [0.5, 0.6) is 0 Å². The van der Waals surface area contributed by atoms with Crippen molar-refractivity contribution in [3.63, 3.8) is 0 Å². The first-order valence-electron chi connectivity index (χ1n) is 31.1. The highest BCUT2D eigenvalue weighted by Crippen LogP contribution is 2.18. The number of carbonyl (C=O) groups excluding carboxylic acids is 2. The first-order valence-corrected chi connectivity index (χ1v) is 31.1. The van der Waals surface area contributed by atoms with Crippen LogP contribution >= 0.6 is 0 Å². The van der Waals surface area contributed by atoms with E-state index in [-0.39, 0.29) is 18.5 Å². The molecule has 0 rings (SSSR count). The topological polar surface area (TPSA) is 95.9 Å². The second-order valence-corrected chi connectivity index (χ2v) is 21.4. The van der Waals surface area contributed by atoms with Crippen LogP contribution in [0.25, 0.3) is 0 Å². The molecule has 0 saturated carbocycles. The van der Waals surface area contributed by atoms with Crippen molar-refractivity contribution >= 4 is 11.9 Å². The van der Waals surface area contributed by atoms with Crippen molar-refractivity contribution in [2.45, 2.75) is 353 Å². The Morgan fingerprint density at radius 2 is 0.725 bits per heavy atom. The third-order valence-corrected chi connectivity index (χ3v) is 14.5. The number of rotatable bonds is 58. The number of aliphatic hydroxyl groups is 2. The molecule has 0 aliphatic rings. The molecular formula is C63H121NO5. The lowest BCUT2D eigenvalue weighted by Gasteiger charge is -2.22. The van der Waals surface area contributed by atoms with Crippen molar-refractivity contribution in [2.24, 2.45) is 0 Å². The fourth-order valence-corrected chi connectivity index (χ4v) is 9.73. The van der Waals surface area contributed by atoms with E-state index in [4.69, 9.17) is 4.74 Å². The van der Waals surface area contributed by atoms with Gasteiger partial charge in [0.25, 0.3) is 0 Å². The number of esters is 1. The zero-order chi connectivity index (χ0) is 50.0. The predicted octanol–water partition coefficient (Wildman–Crippen LogP) is 19.4. The SMILES string of the molecule is CCCCC/C=C\C/C=C\CCCCCCCCCCCC(=O)OCCCCCCCCCCCCCCCCCCCCCCCC(=O)NC(CO)C(O)CCCCCCCCCCCCCC. The minimum atomic E-state index is -0.664. The van der Waals surface area contributed by atoms with E-state index in [1.165, 1.54) is 257 Å². The van der Waals surface area contributed by atoms with Crippen molar-refractivity contribution in [1.82, 2.24) is 5.32 Å². The van der Waals surface area contributed by atoms with Crippen LogP contribution in [0.3, 0.4) is 0 Å². The Hall–Kier alpha value is -1.66. The molecule has 0 aliphatic heterocycles. The molecule has 0 radical (unpaired) electrons. The molecule has 69 heavy (non-hydrogen) atoms. The van der Waals surface area contributed by atoms with Crippen molar-refractivity contribution in [2.75, 3.05) is 13.2 Å². The monoisotopic (exact) mass is 972 g/mol. The maximum absolute atomic E-state index is 12.5. The molecule has 6 heteroatoms. The van der Waals surface area contributed by atoms with Crippen molar-refractivity contribution in [3.05, 3.63) is 24.3 Å². The van der Waals surface area contributed by atoms with Crippen LogP contribution < -0.4 is 5.32 Å². The van der Waals surface area contributed by atoms with E-state index in [0.717, 1.165) is 51.4 Å². The summed E-state index contributed by atoms with van der Waals surface area (Å²) in [6.45, 7) is 4.94. The molecule has 0 spiro atoms. The maximum Gasteiger partial charge on any atom is 0.305 e. The molecule has 1 amide bonds. The molecule has 0 fully saturated rings. The van der Waals surface area contributed by atoms with E-state index >= 15 is 0 Å². The van der Waals surface area contributed by atoms with Crippen LogP contribution in [-0.4, -0.2) is 47.4 Å². The number of allylic oxidation sites excluding steroid dienone is 4. The van der Waals surface area contributed by atoms with Crippen molar-refractivity contribution in [3.8, 4) is 0 Å². The summed E-state index contributed by atoms with van der Waals surface area (Å²) >= 11 is 0. The second-order valence-electron chi connectivity index (χ2n) is 21.4. The molecule has 0 aromatic carbocycles. The standard InChI is InChI=1S/C63H121NO5/c1-3-5-7-9-11-13-15-17-18-19-23-27-30-33-37-41-45-49-53-57-63(68)69-58-54-50-46-42-38-34-31-28-25-22-20-21-24-26-29-32-36-40-44-48-52-56-62(67)64-60(59-65)61(66)55-51-47-43-39-35-16-14-12-10-8-6-4-2/h11,13,17-18,60-61,65-66H,3-10,12,14-16,19-59H2,1-2H3,(H,64,67)/b13-11-,18-17-. The molecule has 0 aromatic heterocycles. The largest absolute Gasteiger partial charge is 0.466 e. The van der Waals surface area contributed by atoms with Gasteiger partial charge >= 0.3 is 5.97 Å². The smallest absolute Gasteiger partial charge is 0.305 e. The Balaban J connectivity index is 3.36. The summed E-state index contributed by atoms with van der Waals surface area (Å²) < 4.78 is 5.50. The van der Waals surface area contributed by atoms with Gasteiger partial charge in [-0.3, -0.25) is 9.59 Å². The summed E-state index contributed by atoms with van der Waals surface area (Å²) in [5.41, 5.74) is 0. The molecule has 0 bridgehead atoms. The Bertz CT molecular complexity index is 1080. The Morgan fingerprint density at radius 3 is 1.13 bits per heavy atom. The van der Waals surface area contributed by atoms with Crippen LogP contribution in [0.2, 0.25) is 0 Å². The average Bonchev–Trinajstić information content (AvgIpc) is 3.35. The Labute approximate surface area is 431 Å². The third kappa shape index (κ3) is 55.5. The fraction of sp³-hybridized carbons (Fsp3) is 0.905. The van der Waals surface area contributed by atoms with Crippen LogP contribution in [0, 0.1) is 0 Å². The van der Waals surface area contributed by atoms with E-state index in [2.05, 4.69) is 43.5 Å². The molecule has 0 saturated heterocycles. The molecule has 3 N–H and O–H groups in total. The maximum atomic E-state index is 12.5. The Morgan fingerprint density at radius 1 is 0.406 bits per heavy atom. The number of carbonyl (C=O) groups is 2. The summed E-state index contributed by atoms with van der Waals surface area (Å²) in [7, 11) is 0. The van der Waals surface area contributed by atoms with Crippen molar-refractivity contribution < 1.29 is 24.5 Å². The summed E-state index contributed by atoms with van der Waals surface area (Å²) in [4.78, 5) is 24.6. The first kappa shape index (κ1) is 67.3. The van der Waals surface area contributed by atoms with Crippen LogP contribution in [0.15, 0.2) is 24.3 Å². The van der Waals surface area contributed by atoms with Crippen LogP contribution in [0.4, 0.5) is 0 Å². The predicted molar refractivity (Wildman–Crippen MR) is 301 cm³/mol. The molecule has 2 atom stereocenters. The van der Waals surface area contributed by atoms with Gasteiger partial charge in [0.1, 0.15) is 0 Å². The highest BCUT2D eigenvalue weighted by atomic mass is 16.5. The molecule has 408 valence electrons. The number of ether oxygens (including phenoxy) is 1. The van der Waals surface area contributed by atoms with Gasteiger partial charge in [-0.15, -0.1) is 0 Å². The average molecular weight is 973 g/mol. The van der Waals surface area contributed by atoms with E-state index < -0.39 is 12.1 Å². The van der Waals surface area contributed by atoms with E-state index in [9.17, 15) is 19.8 Å². The van der Waals surface area contributed by atoms with Gasteiger partial charge in [0, 0.05) is 12.8 Å². The highest BCUT2D eigenvalue weighted by Gasteiger charge is 2.20. The summed E-state index contributed by atoms with van der Waals surface area (Å²) in [5, 5.41) is 23.2. The zero-order valence-electron chi connectivity index (χ0n) is 46.6. The van der Waals surface area contributed by atoms with Gasteiger partial charge < -0.3 is 20.3 Å². The van der Waals surface area contributed by atoms with Gasteiger partial charge in [0.05, 0.1) is 25.4 Å². The molecule has 0 heterocycles. The number of hydrogen-bond donors (Lipinski definition) is 3. The van der Waals surface area contributed by atoms with Crippen molar-refractivity contribution in [1.29, 1.82) is 0 Å². The summed E-state index contributed by atoms with van der Waals surface area (Å²) in [5.74, 6) is -0.0267. The number of aliphatic hydroxyl groups excluding tert-OH is 2. The molecular weight excluding hydrogens is 851 g/mol. The lowest BCUT2D eigenvalue weighted by atomic mass is 10.0. The number of amides is 1. The molecule has 0 aliphatic carbocycles. The minimum Gasteiger partial charge on any atom is -0.466 e. The summed E-state index contributed by atoms with van der Waals surface area (Å²) in [6, 6.07) is -0.541. The first-order chi connectivity index (χ1) is 34.0. The van der Waals surface area contributed by atoms with Gasteiger partial charge in [-0.05, 0) is 57.8 Å².